The highest BCUT2D eigenvalue weighted by Gasteiger charge is 2.39. The van der Waals surface area contributed by atoms with Crippen LogP contribution < -0.4 is 4.90 Å². The van der Waals surface area contributed by atoms with Crippen molar-refractivity contribution in [1.29, 1.82) is 0 Å². The summed E-state index contributed by atoms with van der Waals surface area (Å²) in [6.45, 7) is 13.6. The van der Waals surface area contributed by atoms with Gasteiger partial charge in [-0.2, -0.15) is 4.98 Å². The van der Waals surface area contributed by atoms with Gasteiger partial charge < -0.3 is 18.8 Å². The van der Waals surface area contributed by atoms with Crippen LogP contribution in [0.5, 0.6) is 0 Å². The average molecular weight is 555 g/mol. The van der Waals surface area contributed by atoms with E-state index in [0.717, 1.165) is 11.3 Å². The van der Waals surface area contributed by atoms with Crippen LogP contribution in [0, 0.1) is 3.90 Å². The highest BCUT2D eigenvalue weighted by molar-refractivity contribution is 14.1. The number of oxazole rings is 1. The molecule has 1 aliphatic rings. The number of piperazine rings is 1. The van der Waals surface area contributed by atoms with Crippen molar-refractivity contribution in [1.82, 2.24) is 9.88 Å². The van der Waals surface area contributed by atoms with Gasteiger partial charge in [0.2, 0.25) is 0 Å². The van der Waals surface area contributed by atoms with Gasteiger partial charge >= 0.3 is 12.1 Å². The number of rotatable bonds is 4. The maximum atomic E-state index is 12.6. The molecule has 0 radical (unpaired) electrons. The molecule has 1 aromatic heterocycles. The first-order valence-corrected chi connectivity index (χ1v) is 11.7. The molecule has 2 heterocycles. The van der Waals surface area contributed by atoms with Gasteiger partial charge in [0.1, 0.15) is 5.60 Å². The topological polar surface area (TPSA) is 85.1 Å². The third kappa shape index (κ3) is 5.54. The largest absolute Gasteiger partial charge is 0.461 e. The van der Waals surface area contributed by atoms with E-state index in [1.54, 1.807) is 11.8 Å². The molecule has 9 heteroatoms. The number of ether oxygens (including phenoxy) is 2. The van der Waals surface area contributed by atoms with E-state index in [1.807, 2.05) is 81.5 Å². The van der Waals surface area contributed by atoms with E-state index in [-0.39, 0.29) is 18.4 Å². The zero-order chi connectivity index (χ0) is 23.7. The Morgan fingerprint density at radius 2 is 1.84 bits per heavy atom. The zero-order valence-corrected chi connectivity index (χ0v) is 21.6. The van der Waals surface area contributed by atoms with Gasteiger partial charge in [0.15, 0.2) is 11.5 Å². The van der Waals surface area contributed by atoms with Gasteiger partial charge in [0.25, 0.3) is 3.90 Å². The van der Waals surface area contributed by atoms with Crippen molar-refractivity contribution in [2.24, 2.45) is 0 Å². The minimum atomic E-state index is -0.527. The summed E-state index contributed by atoms with van der Waals surface area (Å²) in [5.74, 6) is -0.104. The molecule has 1 fully saturated rings. The molecule has 2 aromatic rings. The second kappa shape index (κ2) is 9.29. The Morgan fingerprint density at radius 1 is 1.19 bits per heavy atom. The molecule has 0 aliphatic carbocycles. The highest BCUT2D eigenvalue weighted by Crippen LogP contribution is 2.31. The van der Waals surface area contributed by atoms with Crippen molar-refractivity contribution in [2.75, 3.05) is 31.1 Å². The summed E-state index contributed by atoms with van der Waals surface area (Å²) in [6.07, 6.45) is -0.288. The quantitative estimate of drug-likeness (QED) is 0.390. The average Bonchev–Trinajstić information content (AvgIpc) is 3.08. The second-order valence-corrected chi connectivity index (χ2v) is 10.2. The van der Waals surface area contributed by atoms with E-state index in [1.165, 1.54) is 0 Å². The van der Waals surface area contributed by atoms with Crippen LogP contribution in [0.15, 0.2) is 28.7 Å². The third-order valence-electron chi connectivity index (χ3n) is 5.08. The first-order chi connectivity index (χ1) is 14.9. The lowest BCUT2D eigenvalue weighted by molar-refractivity contribution is 0.000355. The van der Waals surface area contributed by atoms with Gasteiger partial charge in [0.05, 0.1) is 12.1 Å². The van der Waals surface area contributed by atoms with E-state index in [9.17, 15) is 9.59 Å². The molecule has 3 rings (SSSR count). The number of carbonyl (C=O) groups excluding carboxylic acids is 2. The van der Waals surface area contributed by atoms with Gasteiger partial charge in [-0.3, -0.25) is 4.90 Å². The summed E-state index contributed by atoms with van der Waals surface area (Å²) in [5, 5.41) is 0. The lowest BCUT2D eigenvalue weighted by Crippen LogP contribution is -2.61. The fourth-order valence-electron chi connectivity index (χ4n) is 3.68. The van der Waals surface area contributed by atoms with Gasteiger partial charge in [-0.05, 0) is 65.8 Å². The van der Waals surface area contributed by atoms with E-state index in [4.69, 9.17) is 13.9 Å². The standard InChI is InChI=1S/C23H30IN3O5/c1-7-30-19(28)17-18(31-20(24)25-17)15-8-10-16(11-9-15)26-12-13-27(23(5,6)14-26)21(29)32-22(2,3)4/h8-11H,7,12-14H2,1-6H3. The van der Waals surface area contributed by atoms with Crippen LogP contribution in [0.2, 0.25) is 0 Å². The molecular formula is C23H30IN3O5. The minimum Gasteiger partial charge on any atom is -0.461 e. The van der Waals surface area contributed by atoms with E-state index in [2.05, 4.69) is 9.88 Å². The molecule has 1 amide bonds. The Balaban J connectivity index is 1.76. The van der Waals surface area contributed by atoms with Crippen LogP contribution in [0.25, 0.3) is 11.3 Å². The summed E-state index contributed by atoms with van der Waals surface area (Å²) in [5.41, 5.74) is 1.03. The predicted molar refractivity (Wildman–Crippen MR) is 130 cm³/mol. The summed E-state index contributed by atoms with van der Waals surface area (Å²) >= 11 is 1.94. The lowest BCUT2D eigenvalue weighted by atomic mass is 9.98. The Hall–Kier alpha value is -2.30. The number of esters is 1. The van der Waals surface area contributed by atoms with Crippen LogP contribution in [0.1, 0.15) is 52.0 Å². The first-order valence-electron chi connectivity index (χ1n) is 10.6. The first kappa shape index (κ1) is 24.3. The Labute approximate surface area is 202 Å². The van der Waals surface area contributed by atoms with Crippen LogP contribution in [-0.4, -0.2) is 59.3 Å². The fourth-order valence-corrected chi connectivity index (χ4v) is 4.14. The SMILES string of the molecule is CCOC(=O)c1nc(I)oc1-c1ccc(N2CCN(C(=O)OC(C)(C)C)C(C)(C)C2)cc1. The number of hydrogen-bond acceptors (Lipinski definition) is 7. The number of halogens is 1. The molecule has 174 valence electrons. The Kier molecular flexibility index (Phi) is 7.06. The molecule has 0 N–H and O–H groups in total. The molecular weight excluding hydrogens is 525 g/mol. The Bertz CT molecular complexity index is 979. The summed E-state index contributed by atoms with van der Waals surface area (Å²) in [4.78, 5) is 33.1. The highest BCUT2D eigenvalue weighted by atomic mass is 127. The van der Waals surface area contributed by atoms with Crippen LogP contribution >= 0.6 is 22.6 Å². The molecule has 0 bridgehead atoms. The van der Waals surface area contributed by atoms with Crippen LogP contribution in [-0.2, 0) is 9.47 Å². The molecule has 0 saturated carbocycles. The predicted octanol–water partition coefficient (Wildman–Crippen LogP) is 4.96. The van der Waals surface area contributed by atoms with Crippen LogP contribution in [0.4, 0.5) is 10.5 Å². The number of benzene rings is 1. The van der Waals surface area contributed by atoms with Crippen molar-refractivity contribution in [3.05, 3.63) is 33.9 Å². The fraction of sp³-hybridized carbons (Fsp3) is 0.522. The summed E-state index contributed by atoms with van der Waals surface area (Å²) in [7, 11) is 0. The van der Waals surface area contributed by atoms with Crippen molar-refractivity contribution in [3.63, 3.8) is 0 Å². The molecule has 0 atom stereocenters. The molecule has 1 saturated heterocycles. The maximum Gasteiger partial charge on any atom is 0.410 e. The molecule has 1 aromatic carbocycles. The van der Waals surface area contributed by atoms with Crippen molar-refractivity contribution >= 4 is 40.3 Å². The number of carbonyl (C=O) groups is 2. The minimum absolute atomic E-state index is 0.177. The van der Waals surface area contributed by atoms with Gasteiger partial charge in [-0.15, -0.1) is 0 Å². The van der Waals surface area contributed by atoms with E-state index in [0.29, 0.717) is 29.3 Å². The number of nitrogens with zero attached hydrogens (tertiary/aromatic N) is 3. The van der Waals surface area contributed by atoms with Gasteiger partial charge in [0, 0.05) is 53.5 Å². The molecule has 1 aliphatic heterocycles. The molecule has 32 heavy (non-hydrogen) atoms. The van der Waals surface area contributed by atoms with E-state index < -0.39 is 17.1 Å². The van der Waals surface area contributed by atoms with Crippen molar-refractivity contribution in [2.45, 2.75) is 52.7 Å². The third-order valence-corrected chi connectivity index (χ3v) is 5.54. The lowest BCUT2D eigenvalue weighted by Gasteiger charge is -2.47. The molecule has 0 unspecified atom stereocenters. The smallest absolute Gasteiger partial charge is 0.410 e. The monoisotopic (exact) mass is 555 g/mol. The number of anilines is 1. The van der Waals surface area contributed by atoms with Gasteiger partial charge in [-0.1, -0.05) is 0 Å². The van der Waals surface area contributed by atoms with E-state index >= 15 is 0 Å². The molecule has 0 spiro atoms. The van der Waals surface area contributed by atoms with Gasteiger partial charge in [-0.25, -0.2) is 9.59 Å². The zero-order valence-electron chi connectivity index (χ0n) is 19.4. The normalized spacial score (nSPS) is 16.1. The van der Waals surface area contributed by atoms with Crippen LogP contribution in [0.3, 0.4) is 0 Å². The second-order valence-electron chi connectivity index (χ2n) is 9.28. The summed E-state index contributed by atoms with van der Waals surface area (Å²) < 4.78 is 16.7. The molecule has 8 nitrogen and oxygen atoms in total. The number of aromatic nitrogens is 1. The number of hydrogen-bond donors (Lipinski definition) is 0. The van der Waals surface area contributed by atoms with Crippen molar-refractivity contribution < 1.29 is 23.5 Å². The number of amides is 1. The maximum absolute atomic E-state index is 12.6. The Morgan fingerprint density at radius 3 is 2.41 bits per heavy atom. The summed E-state index contributed by atoms with van der Waals surface area (Å²) in [6, 6.07) is 7.78. The van der Waals surface area contributed by atoms with Crippen molar-refractivity contribution in [3.8, 4) is 11.3 Å².